The summed E-state index contributed by atoms with van der Waals surface area (Å²) in [6, 6.07) is 8.07. The monoisotopic (exact) mass is 291 g/mol. The van der Waals surface area contributed by atoms with Crippen molar-refractivity contribution in [1.29, 1.82) is 0 Å². The molecule has 1 atom stereocenters. The van der Waals surface area contributed by atoms with Crippen molar-refractivity contribution in [2.75, 3.05) is 19.4 Å². The summed E-state index contributed by atoms with van der Waals surface area (Å²) in [6.45, 7) is 4.15. The summed E-state index contributed by atoms with van der Waals surface area (Å²) in [7, 11) is 1.67. The van der Waals surface area contributed by atoms with Gasteiger partial charge in [-0.25, -0.2) is 0 Å². The molecule has 0 saturated carbocycles. The van der Waals surface area contributed by atoms with Crippen LogP contribution in [-0.2, 0) is 6.54 Å². The van der Waals surface area contributed by atoms with Gasteiger partial charge in [0, 0.05) is 16.7 Å². The molecule has 0 aliphatic carbocycles. The van der Waals surface area contributed by atoms with Gasteiger partial charge < -0.3 is 14.5 Å². The largest absolute Gasteiger partial charge is 0.493 e. The average Bonchev–Trinajstić information content (AvgIpc) is 3.04. The van der Waals surface area contributed by atoms with Crippen LogP contribution in [0.25, 0.3) is 11.0 Å². The molecule has 1 fully saturated rings. The molecule has 4 heteroatoms. The molecule has 1 aliphatic rings. The molecule has 1 aliphatic heterocycles. The van der Waals surface area contributed by atoms with E-state index < -0.39 is 0 Å². The number of methoxy groups -OCH3 is 1. The third kappa shape index (κ3) is 2.81. The number of para-hydroxylation sites is 1. The summed E-state index contributed by atoms with van der Waals surface area (Å²) in [5, 5.41) is 4.63. The first kappa shape index (κ1) is 13.8. The third-order valence-electron chi connectivity index (χ3n) is 3.88. The lowest BCUT2D eigenvalue weighted by Crippen LogP contribution is -2.32. The molecule has 0 spiro atoms. The van der Waals surface area contributed by atoms with Gasteiger partial charge in [0.25, 0.3) is 0 Å². The summed E-state index contributed by atoms with van der Waals surface area (Å²) < 4.78 is 11.6. The molecule has 0 radical (unpaired) electrons. The smallest absolute Gasteiger partial charge is 0.176 e. The van der Waals surface area contributed by atoms with Crippen LogP contribution in [0.15, 0.2) is 28.7 Å². The Bertz CT molecular complexity index is 587. The molecule has 0 amide bonds. The van der Waals surface area contributed by atoms with Gasteiger partial charge in [-0.3, -0.25) is 0 Å². The van der Waals surface area contributed by atoms with Crippen LogP contribution < -0.4 is 10.1 Å². The van der Waals surface area contributed by atoms with Crippen molar-refractivity contribution < 1.29 is 9.15 Å². The van der Waals surface area contributed by atoms with Gasteiger partial charge in [-0.15, -0.1) is 0 Å². The molecule has 20 heavy (non-hydrogen) atoms. The van der Waals surface area contributed by atoms with Crippen LogP contribution in [0.3, 0.4) is 0 Å². The lowest BCUT2D eigenvalue weighted by Gasteiger charge is -2.22. The third-order valence-corrected chi connectivity index (χ3v) is 5.42. The molecule has 1 aromatic carbocycles. The first-order valence-corrected chi connectivity index (χ1v) is 8.09. The second-order valence-corrected chi connectivity index (χ2v) is 7.28. The topological polar surface area (TPSA) is 34.4 Å². The van der Waals surface area contributed by atoms with Crippen molar-refractivity contribution >= 4 is 22.7 Å². The van der Waals surface area contributed by atoms with Crippen molar-refractivity contribution in [2.24, 2.45) is 0 Å². The van der Waals surface area contributed by atoms with Gasteiger partial charge in [-0.05, 0) is 37.7 Å². The van der Waals surface area contributed by atoms with Gasteiger partial charge >= 0.3 is 0 Å². The number of fused-ring (bicyclic) bond motifs is 1. The molecule has 1 N–H and O–H groups in total. The fourth-order valence-electron chi connectivity index (χ4n) is 2.76. The molecule has 1 aromatic heterocycles. The summed E-state index contributed by atoms with van der Waals surface area (Å²) in [6.07, 6.45) is 2.64. The van der Waals surface area contributed by atoms with Gasteiger partial charge in [-0.2, -0.15) is 11.8 Å². The highest BCUT2D eigenvalue weighted by atomic mass is 32.2. The Balaban J connectivity index is 1.66. The highest BCUT2D eigenvalue weighted by Gasteiger charge is 2.28. The maximum atomic E-state index is 5.89. The Labute approximate surface area is 124 Å². The molecule has 2 heterocycles. The maximum absolute atomic E-state index is 5.89. The number of thioether (sulfide) groups is 1. The summed E-state index contributed by atoms with van der Waals surface area (Å²) >= 11 is 2.08. The number of hydrogen-bond donors (Lipinski definition) is 1. The minimum atomic E-state index is 0.393. The van der Waals surface area contributed by atoms with E-state index >= 15 is 0 Å². The summed E-state index contributed by atoms with van der Waals surface area (Å²) in [5.74, 6) is 3.06. The van der Waals surface area contributed by atoms with Crippen molar-refractivity contribution in [3.63, 3.8) is 0 Å². The number of nitrogens with one attached hydrogen (secondary N) is 1. The lowest BCUT2D eigenvalue weighted by atomic mass is 10.1. The van der Waals surface area contributed by atoms with Gasteiger partial charge in [0.05, 0.1) is 13.7 Å². The zero-order valence-electron chi connectivity index (χ0n) is 12.1. The molecule has 2 aromatic rings. The van der Waals surface area contributed by atoms with Crippen LogP contribution in [0.4, 0.5) is 0 Å². The maximum Gasteiger partial charge on any atom is 0.176 e. The van der Waals surface area contributed by atoms with Gasteiger partial charge in [0.1, 0.15) is 5.76 Å². The predicted octanol–water partition coefficient (Wildman–Crippen LogP) is 3.82. The van der Waals surface area contributed by atoms with Crippen LogP contribution in [-0.4, -0.2) is 24.2 Å². The Hall–Kier alpha value is -1.13. The number of furan rings is 1. The lowest BCUT2D eigenvalue weighted by molar-refractivity contribution is 0.405. The van der Waals surface area contributed by atoms with Crippen LogP contribution in [0.1, 0.15) is 25.5 Å². The number of rotatable bonds is 5. The SMILES string of the molecule is COc1cccc2cc(CNCC3(C)CCCS3)oc12. The summed E-state index contributed by atoms with van der Waals surface area (Å²) in [5.41, 5.74) is 0.841. The Morgan fingerprint density at radius 2 is 2.35 bits per heavy atom. The van der Waals surface area contributed by atoms with E-state index in [1.54, 1.807) is 7.11 Å². The number of benzene rings is 1. The normalized spacial score (nSPS) is 22.5. The Morgan fingerprint density at radius 1 is 1.45 bits per heavy atom. The second kappa shape index (κ2) is 5.70. The van der Waals surface area contributed by atoms with E-state index in [1.807, 2.05) is 12.1 Å². The first-order chi connectivity index (χ1) is 9.70. The molecule has 3 rings (SSSR count). The quantitative estimate of drug-likeness (QED) is 0.908. The van der Waals surface area contributed by atoms with E-state index in [0.717, 1.165) is 35.6 Å². The molecule has 3 nitrogen and oxygen atoms in total. The first-order valence-electron chi connectivity index (χ1n) is 7.10. The van der Waals surface area contributed by atoms with E-state index in [9.17, 15) is 0 Å². The van der Waals surface area contributed by atoms with Crippen molar-refractivity contribution in [1.82, 2.24) is 5.32 Å². The van der Waals surface area contributed by atoms with Crippen LogP contribution in [0.2, 0.25) is 0 Å². The number of hydrogen-bond acceptors (Lipinski definition) is 4. The Kier molecular flexibility index (Phi) is 3.94. The van der Waals surface area contributed by atoms with Crippen LogP contribution in [0.5, 0.6) is 5.75 Å². The van der Waals surface area contributed by atoms with Gasteiger partial charge in [-0.1, -0.05) is 12.1 Å². The van der Waals surface area contributed by atoms with E-state index in [4.69, 9.17) is 9.15 Å². The fraction of sp³-hybridized carbons (Fsp3) is 0.500. The van der Waals surface area contributed by atoms with Gasteiger partial charge in [0.2, 0.25) is 0 Å². The van der Waals surface area contributed by atoms with E-state index in [2.05, 4.69) is 36.1 Å². The zero-order chi connectivity index (χ0) is 14.0. The minimum Gasteiger partial charge on any atom is -0.493 e. The number of ether oxygens (including phenoxy) is 1. The predicted molar refractivity (Wildman–Crippen MR) is 84.6 cm³/mol. The molecule has 0 bridgehead atoms. The van der Waals surface area contributed by atoms with Crippen LogP contribution >= 0.6 is 11.8 Å². The molecule has 108 valence electrons. The average molecular weight is 291 g/mol. The van der Waals surface area contributed by atoms with Crippen molar-refractivity contribution in [2.45, 2.75) is 31.1 Å². The standard InChI is InChI=1S/C16H21NO2S/c1-16(7-4-8-20-16)11-17-10-13-9-12-5-3-6-14(18-2)15(12)19-13/h3,5-6,9,17H,4,7-8,10-11H2,1-2H3. The highest BCUT2D eigenvalue weighted by Crippen LogP contribution is 2.37. The fourth-order valence-corrected chi connectivity index (χ4v) is 4.04. The highest BCUT2D eigenvalue weighted by molar-refractivity contribution is 8.00. The van der Waals surface area contributed by atoms with Crippen LogP contribution in [0, 0.1) is 0 Å². The molecule has 1 unspecified atom stereocenters. The van der Waals surface area contributed by atoms with E-state index in [1.165, 1.54) is 18.6 Å². The molecule has 1 saturated heterocycles. The minimum absolute atomic E-state index is 0.393. The molecular weight excluding hydrogens is 270 g/mol. The van der Waals surface area contributed by atoms with E-state index in [0.29, 0.717) is 4.75 Å². The van der Waals surface area contributed by atoms with Crippen molar-refractivity contribution in [3.05, 3.63) is 30.0 Å². The van der Waals surface area contributed by atoms with E-state index in [-0.39, 0.29) is 0 Å². The second-order valence-electron chi connectivity index (χ2n) is 5.60. The Morgan fingerprint density at radius 3 is 3.10 bits per heavy atom. The zero-order valence-corrected chi connectivity index (χ0v) is 12.9. The molecular formula is C16H21NO2S. The van der Waals surface area contributed by atoms with Gasteiger partial charge in [0.15, 0.2) is 11.3 Å². The summed E-state index contributed by atoms with van der Waals surface area (Å²) in [4.78, 5) is 0. The van der Waals surface area contributed by atoms with Crippen molar-refractivity contribution in [3.8, 4) is 5.75 Å².